The number of hydrogen-bond acceptors (Lipinski definition) is 3. The second kappa shape index (κ2) is 5.48. The van der Waals surface area contributed by atoms with Gasteiger partial charge in [0.25, 0.3) is 0 Å². The lowest BCUT2D eigenvalue weighted by Gasteiger charge is -2.21. The van der Waals surface area contributed by atoms with E-state index in [9.17, 15) is 8.42 Å². The molecule has 0 unspecified atom stereocenters. The summed E-state index contributed by atoms with van der Waals surface area (Å²) in [6, 6.07) is 6.97. The zero-order valence-electron chi connectivity index (χ0n) is 11.7. The van der Waals surface area contributed by atoms with Crippen LogP contribution in [0.5, 0.6) is 0 Å². The Morgan fingerprint density at radius 1 is 1.29 bits per heavy atom. The monoisotopic (exact) mass is 325 g/mol. The smallest absolute Gasteiger partial charge is 0.245 e. The molecule has 0 bridgehead atoms. The van der Waals surface area contributed by atoms with Gasteiger partial charge in [-0.2, -0.15) is 4.31 Å². The second-order valence-corrected chi connectivity index (χ2v) is 7.48. The van der Waals surface area contributed by atoms with Gasteiger partial charge in [-0.05, 0) is 31.0 Å². The van der Waals surface area contributed by atoms with Crippen LogP contribution in [0.3, 0.4) is 0 Å². The Hall–Kier alpha value is -1.30. The van der Waals surface area contributed by atoms with Crippen LogP contribution in [-0.2, 0) is 23.0 Å². The molecule has 21 heavy (non-hydrogen) atoms. The van der Waals surface area contributed by atoms with E-state index >= 15 is 0 Å². The first-order valence-electron chi connectivity index (χ1n) is 6.80. The van der Waals surface area contributed by atoms with E-state index in [0.717, 1.165) is 24.2 Å². The Kier molecular flexibility index (Phi) is 3.82. The summed E-state index contributed by atoms with van der Waals surface area (Å²) in [5.41, 5.74) is 1.60. The fourth-order valence-electron chi connectivity index (χ4n) is 2.69. The van der Waals surface area contributed by atoms with Crippen LogP contribution < -0.4 is 0 Å². The van der Waals surface area contributed by atoms with Crippen LogP contribution in [0.4, 0.5) is 0 Å². The van der Waals surface area contributed by atoms with Gasteiger partial charge in [-0.1, -0.05) is 23.7 Å². The van der Waals surface area contributed by atoms with E-state index in [2.05, 4.69) is 0 Å². The fraction of sp³-hybridized carbons (Fsp3) is 0.333. The van der Waals surface area contributed by atoms with Crippen LogP contribution in [0, 0.1) is 6.92 Å². The molecule has 0 N–H and O–H groups in total. The molecule has 2 heterocycles. The highest BCUT2D eigenvalue weighted by Gasteiger charge is 2.30. The molecule has 0 atom stereocenters. The normalized spacial score (nSPS) is 16.5. The van der Waals surface area contributed by atoms with Crippen molar-refractivity contribution in [2.75, 3.05) is 6.54 Å². The number of benzene rings is 1. The van der Waals surface area contributed by atoms with E-state index in [4.69, 9.17) is 16.0 Å². The predicted octanol–water partition coefficient (Wildman–Crippen LogP) is 3.38. The van der Waals surface area contributed by atoms with E-state index in [1.807, 2.05) is 6.07 Å². The summed E-state index contributed by atoms with van der Waals surface area (Å²) >= 11 is 6.13. The van der Waals surface area contributed by atoms with E-state index in [-0.39, 0.29) is 9.92 Å². The number of fused-ring (bicyclic) bond motifs is 1. The molecule has 1 aromatic heterocycles. The van der Waals surface area contributed by atoms with Crippen molar-refractivity contribution in [3.63, 3.8) is 0 Å². The minimum atomic E-state index is -3.61. The van der Waals surface area contributed by atoms with Gasteiger partial charge in [0, 0.05) is 25.1 Å². The lowest BCUT2D eigenvalue weighted by atomic mass is 10.2. The maximum atomic E-state index is 12.9. The summed E-state index contributed by atoms with van der Waals surface area (Å²) in [6.45, 7) is 2.57. The Balaban J connectivity index is 2.03. The minimum Gasteiger partial charge on any atom is -0.469 e. The molecule has 112 valence electrons. The summed E-state index contributed by atoms with van der Waals surface area (Å²) in [5.74, 6) is 0.878. The molecule has 0 saturated heterocycles. The topological polar surface area (TPSA) is 50.5 Å². The van der Waals surface area contributed by atoms with Crippen LogP contribution in [0.2, 0.25) is 5.02 Å². The SMILES string of the molecule is Cc1cccc(Cl)c1S(=O)(=O)N1CCCc2occc2C1. The van der Waals surface area contributed by atoms with Crippen molar-refractivity contribution in [3.05, 3.63) is 52.4 Å². The Morgan fingerprint density at radius 2 is 2.10 bits per heavy atom. The largest absolute Gasteiger partial charge is 0.469 e. The summed E-state index contributed by atoms with van der Waals surface area (Å²) in [6.07, 6.45) is 3.11. The molecule has 2 aromatic rings. The van der Waals surface area contributed by atoms with E-state index in [1.54, 1.807) is 31.4 Å². The number of furan rings is 1. The summed E-state index contributed by atoms with van der Waals surface area (Å²) in [7, 11) is -3.61. The number of hydrogen-bond donors (Lipinski definition) is 0. The van der Waals surface area contributed by atoms with Crippen molar-refractivity contribution in [2.45, 2.75) is 31.2 Å². The molecular formula is C15H16ClNO3S. The summed E-state index contributed by atoms with van der Waals surface area (Å²) in [5, 5.41) is 0.270. The maximum absolute atomic E-state index is 12.9. The van der Waals surface area contributed by atoms with Crippen molar-refractivity contribution in [3.8, 4) is 0 Å². The Labute approximate surface area is 129 Å². The van der Waals surface area contributed by atoms with Gasteiger partial charge >= 0.3 is 0 Å². The Morgan fingerprint density at radius 3 is 2.86 bits per heavy atom. The van der Waals surface area contributed by atoms with E-state index < -0.39 is 10.0 Å². The molecule has 0 fully saturated rings. The zero-order chi connectivity index (χ0) is 15.0. The predicted molar refractivity (Wildman–Crippen MR) is 80.8 cm³/mol. The van der Waals surface area contributed by atoms with Gasteiger partial charge in [-0.25, -0.2) is 8.42 Å². The van der Waals surface area contributed by atoms with Crippen molar-refractivity contribution in [2.24, 2.45) is 0 Å². The molecule has 0 aliphatic carbocycles. The summed E-state index contributed by atoms with van der Waals surface area (Å²) in [4.78, 5) is 0.207. The first kappa shape index (κ1) is 14.6. The van der Waals surface area contributed by atoms with Gasteiger partial charge in [-0.3, -0.25) is 0 Å². The van der Waals surface area contributed by atoms with Gasteiger partial charge in [0.1, 0.15) is 10.7 Å². The molecule has 4 nitrogen and oxygen atoms in total. The van der Waals surface area contributed by atoms with Crippen LogP contribution in [0.1, 0.15) is 23.3 Å². The average molecular weight is 326 g/mol. The quantitative estimate of drug-likeness (QED) is 0.850. The van der Waals surface area contributed by atoms with Crippen LogP contribution in [-0.4, -0.2) is 19.3 Å². The second-order valence-electron chi connectivity index (χ2n) is 5.20. The number of aryl methyl sites for hydroxylation is 2. The number of rotatable bonds is 2. The standard InChI is InChI=1S/C15H16ClNO3S/c1-11-4-2-5-13(16)15(11)21(18,19)17-8-3-6-14-12(10-17)7-9-20-14/h2,4-5,7,9H,3,6,8,10H2,1H3. The molecule has 1 aliphatic rings. The lowest BCUT2D eigenvalue weighted by Crippen LogP contribution is -2.31. The third kappa shape index (κ3) is 2.61. The van der Waals surface area contributed by atoms with Crippen molar-refractivity contribution < 1.29 is 12.8 Å². The van der Waals surface area contributed by atoms with Gasteiger partial charge in [0.2, 0.25) is 10.0 Å². The molecule has 0 radical (unpaired) electrons. The molecule has 1 aromatic carbocycles. The van der Waals surface area contributed by atoms with Crippen LogP contribution >= 0.6 is 11.6 Å². The van der Waals surface area contributed by atoms with Gasteiger partial charge < -0.3 is 4.42 Å². The van der Waals surface area contributed by atoms with Crippen LogP contribution in [0.15, 0.2) is 39.8 Å². The minimum absolute atomic E-state index is 0.207. The first-order chi connectivity index (χ1) is 10.00. The van der Waals surface area contributed by atoms with E-state index in [0.29, 0.717) is 18.7 Å². The van der Waals surface area contributed by atoms with Crippen molar-refractivity contribution in [1.29, 1.82) is 0 Å². The van der Waals surface area contributed by atoms with Crippen molar-refractivity contribution in [1.82, 2.24) is 4.31 Å². The number of sulfonamides is 1. The number of nitrogens with zero attached hydrogens (tertiary/aromatic N) is 1. The van der Waals surface area contributed by atoms with E-state index in [1.165, 1.54) is 4.31 Å². The Bertz CT molecular complexity index is 747. The van der Waals surface area contributed by atoms with Crippen LogP contribution in [0.25, 0.3) is 0 Å². The zero-order valence-corrected chi connectivity index (χ0v) is 13.2. The fourth-order valence-corrected chi connectivity index (χ4v) is 4.93. The van der Waals surface area contributed by atoms with Gasteiger partial charge in [0.05, 0.1) is 11.3 Å². The van der Waals surface area contributed by atoms with Gasteiger partial charge in [0.15, 0.2) is 0 Å². The third-order valence-corrected chi connectivity index (χ3v) is 6.23. The molecule has 6 heteroatoms. The molecule has 0 spiro atoms. The highest BCUT2D eigenvalue weighted by molar-refractivity contribution is 7.89. The third-order valence-electron chi connectivity index (χ3n) is 3.76. The summed E-state index contributed by atoms with van der Waals surface area (Å²) < 4.78 is 32.7. The first-order valence-corrected chi connectivity index (χ1v) is 8.62. The molecule has 1 aliphatic heterocycles. The molecular weight excluding hydrogens is 310 g/mol. The lowest BCUT2D eigenvalue weighted by molar-refractivity contribution is 0.409. The molecule has 0 saturated carbocycles. The molecule has 0 amide bonds. The van der Waals surface area contributed by atoms with Gasteiger partial charge in [-0.15, -0.1) is 0 Å². The highest BCUT2D eigenvalue weighted by atomic mass is 35.5. The highest BCUT2D eigenvalue weighted by Crippen LogP contribution is 2.30. The number of halogens is 1. The average Bonchev–Trinajstić information content (AvgIpc) is 2.75. The maximum Gasteiger partial charge on any atom is 0.245 e. The van der Waals surface area contributed by atoms with Crippen molar-refractivity contribution >= 4 is 21.6 Å². The molecule has 3 rings (SSSR count).